The van der Waals surface area contributed by atoms with Crippen molar-refractivity contribution in [3.8, 4) is 0 Å². The molecule has 10 nitrogen and oxygen atoms in total. The van der Waals surface area contributed by atoms with Crippen LogP contribution in [0.4, 0.5) is 0 Å². The molecule has 7 atom stereocenters. The molecule has 0 radical (unpaired) electrons. The molecule has 0 unspecified atom stereocenters. The van der Waals surface area contributed by atoms with Crippen LogP contribution in [0.15, 0.2) is 86.0 Å². The van der Waals surface area contributed by atoms with Crippen molar-refractivity contribution in [1.29, 1.82) is 0 Å². The van der Waals surface area contributed by atoms with Crippen molar-refractivity contribution in [2.24, 2.45) is 11.8 Å². The van der Waals surface area contributed by atoms with Gasteiger partial charge in [0.2, 0.25) is 17.7 Å². The first-order valence-corrected chi connectivity index (χ1v) is 17.0. The van der Waals surface area contributed by atoms with Crippen LogP contribution in [0.3, 0.4) is 0 Å². The molecule has 0 aliphatic carbocycles. The van der Waals surface area contributed by atoms with Crippen LogP contribution < -0.4 is 5.32 Å². The number of carbonyl (C=O) groups excluding carboxylic acids is 4. The van der Waals surface area contributed by atoms with Gasteiger partial charge in [-0.05, 0) is 36.8 Å². The van der Waals surface area contributed by atoms with Crippen molar-refractivity contribution in [3.63, 3.8) is 0 Å². The number of allylic oxidation sites excluding steroid dienone is 1. The Bertz CT molecular complexity index is 1470. The van der Waals surface area contributed by atoms with Gasteiger partial charge in [-0.15, -0.1) is 13.2 Å². The predicted octanol–water partition coefficient (Wildman–Crippen LogP) is 4.28. The number of nitrogens with one attached hydrogen (secondary N) is 1. The average Bonchev–Trinajstić information content (AvgIpc) is 3.76. The maximum Gasteiger partial charge on any atom is 0.306 e. The van der Waals surface area contributed by atoms with E-state index in [9.17, 15) is 24.3 Å². The molecule has 10 heteroatoms. The monoisotopic (exact) mass is 657 g/mol. The minimum Gasteiger partial charge on any atom is -0.463 e. The first-order valence-electron chi connectivity index (χ1n) is 17.0. The third kappa shape index (κ3) is 6.82. The van der Waals surface area contributed by atoms with Crippen LogP contribution in [0.2, 0.25) is 0 Å². The Balaban J connectivity index is 1.49. The summed E-state index contributed by atoms with van der Waals surface area (Å²) in [6.07, 6.45) is 5.96. The van der Waals surface area contributed by atoms with Gasteiger partial charge in [0.15, 0.2) is 0 Å². The van der Waals surface area contributed by atoms with Crippen molar-refractivity contribution in [2.75, 3.05) is 26.3 Å². The topological polar surface area (TPSA) is 125 Å². The lowest BCUT2D eigenvalue weighted by Crippen LogP contribution is -2.57. The first-order chi connectivity index (χ1) is 23.3. The molecule has 0 aromatic heterocycles. The molecule has 3 aliphatic heterocycles. The fraction of sp³-hybridized carbons (Fsp3) is 0.474. The number of aliphatic hydroxyl groups is 1. The average molecular weight is 658 g/mol. The summed E-state index contributed by atoms with van der Waals surface area (Å²) < 4.78 is 12.2. The number of fused-ring (bicyclic) bond motifs is 1. The molecule has 3 saturated heterocycles. The van der Waals surface area contributed by atoms with Gasteiger partial charge < -0.3 is 29.7 Å². The fourth-order valence-corrected chi connectivity index (χ4v) is 7.65. The molecule has 2 bridgehead atoms. The maximum absolute atomic E-state index is 14.7. The normalized spacial score (nSPS) is 25.2. The Hall–Kier alpha value is -4.28. The van der Waals surface area contributed by atoms with Gasteiger partial charge in [-0.2, -0.15) is 0 Å². The number of amides is 3. The van der Waals surface area contributed by atoms with Crippen LogP contribution in [0.5, 0.6) is 0 Å². The molecule has 3 amide bonds. The Labute approximate surface area is 282 Å². The zero-order valence-electron chi connectivity index (χ0n) is 27.7. The summed E-state index contributed by atoms with van der Waals surface area (Å²) in [6, 6.07) is 15.8. The quantitative estimate of drug-likeness (QED) is 0.192. The Morgan fingerprint density at radius 2 is 1.79 bits per heavy atom. The van der Waals surface area contributed by atoms with Crippen molar-refractivity contribution in [2.45, 2.75) is 75.3 Å². The van der Waals surface area contributed by atoms with Gasteiger partial charge in [0, 0.05) is 19.5 Å². The van der Waals surface area contributed by atoms with E-state index in [-0.39, 0.29) is 24.8 Å². The molecule has 3 aliphatic rings. The van der Waals surface area contributed by atoms with Gasteiger partial charge in [-0.25, -0.2) is 0 Å². The predicted molar refractivity (Wildman–Crippen MR) is 180 cm³/mol. The lowest BCUT2D eigenvalue weighted by Gasteiger charge is -2.39. The SMILES string of the molecule is C=CCCC(=O)OC[C@H](NC(=O)[C@@H]1[C@H]2C(=O)N([C@H](CO)c3ccccc3)[C@H](C(=O)N(CC=C)CCCC)[C@]23CC[C@H]1O3)c1ccccc1. The van der Waals surface area contributed by atoms with E-state index in [2.05, 4.69) is 18.5 Å². The summed E-state index contributed by atoms with van der Waals surface area (Å²) >= 11 is 0. The second kappa shape index (κ2) is 15.7. The largest absolute Gasteiger partial charge is 0.463 e. The van der Waals surface area contributed by atoms with Crippen molar-refractivity contribution < 1.29 is 33.8 Å². The zero-order valence-corrected chi connectivity index (χ0v) is 27.7. The highest BCUT2D eigenvalue weighted by Crippen LogP contribution is 2.60. The van der Waals surface area contributed by atoms with E-state index in [1.54, 1.807) is 17.1 Å². The number of hydrogen-bond acceptors (Lipinski definition) is 7. The van der Waals surface area contributed by atoms with Gasteiger partial charge in [-0.3, -0.25) is 19.2 Å². The van der Waals surface area contributed by atoms with Gasteiger partial charge in [0.05, 0.1) is 36.6 Å². The number of carbonyl (C=O) groups is 4. The summed E-state index contributed by atoms with van der Waals surface area (Å²) in [4.78, 5) is 59.2. The molecule has 2 N–H and O–H groups in total. The summed E-state index contributed by atoms with van der Waals surface area (Å²) in [5.41, 5.74) is 0.187. The number of esters is 1. The number of ether oxygens (including phenoxy) is 2. The molecule has 3 heterocycles. The molecule has 0 saturated carbocycles. The summed E-state index contributed by atoms with van der Waals surface area (Å²) in [6.45, 7) is 9.83. The van der Waals surface area contributed by atoms with Gasteiger partial charge in [0.1, 0.15) is 18.2 Å². The lowest BCUT2D eigenvalue weighted by molar-refractivity contribution is -0.151. The van der Waals surface area contributed by atoms with Crippen LogP contribution in [0.1, 0.15) is 68.7 Å². The van der Waals surface area contributed by atoms with Crippen LogP contribution >= 0.6 is 0 Å². The van der Waals surface area contributed by atoms with E-state index in [0.717, 1.165) is 18.4 Å². The van der Waals surface area contributed by atoms with Crippen LogP contribution in [0.25, 0.3) is 0 Å². The number of nitrogens with zero attached hydrogens (tertiary/aromatic N) is 2. The lowest BCUT2D eigenvalue weighted by atomic mass is 9.70. The molecule has 2 aromatic rings. The van der Waals surface area contributed by atoms with Gasteiger partial charge in [0.25, 0.3) is 0 Å². The molecule has 2 aromatic carbocycles. The van der Waals surface area contributed by atoms with Crippen molar-refractivity contribution in [1.82, 2.24) is 15.1 Å². The summed E-state index contributed by atoms with van der Waals surface area (Å²) in [5, 5.41) is 13.8. The molecule has 3 fully saturated rings. The Morgan fingerprint density at radius 3 is 2.42 bits per heavy atom. The number of likely N-dealkylation sites (tertiary alicyclic amines) is 1. The first kappa shape index (κ1) is 35.0. The minimum atomic E-state index is -1.24. The van der Waals surface area contributed by atoms with E-state index >= 15 is 0 Å². The van der Waals surface area contributed by atoms with Crippen molar-refractivity contribution >= 4 is 23.7 Å². The molecule has 1 spiro atoms. The number of hydrogen-bond donors (Lipinski definition) is 2. The number of aliphatic hydroxyl groups excluding tert-OH is 1. The maximum atomic E-state index is 14.7. The number of rotatable bonds is 17. The number of unbranched alkanes of at least 4 members (excludes halogenated alkanes) is 1. The molecule has 256 valence electrons. The Morgan fingerprint density at radius 1 is 1.10 bits per heavy atom. The number of benzene rings is 2. The van der Waals surface area contributed by atoms with E-state index in [0.29, 0.717) is 37.9 Å². The van der Waals surface area contributed by atoms with E-state index in [1.807, 2.05) is 67.6 Å². The van der Waals surface area contributed by atoms with E-state index < -0.39 is 60.1 Å². The van der Waals surface area contributed by atoms with E-state index in [4.69, 9.17) is 9.47 Å². The Kier molecular flexibility index (Phi) is 11.5. The third-order valence-electron chi connectivity index (χ3n) is 9.89. The van der Waals surface area contributed by atoms with Crippen LogP contribution in [-0.4, -0.2) is 82.6 Å². The molecule has 5 rings (SSSR count). The summed E-state index contributed by atoms with van der Waals surface area (Å²) in [5.74, 6) is -3.29. The fourth-order valence-electron chi connectivity index (χ4n) is 7.65. The standard InChI is InChI=1S/C38H47N3O7/c1-4-7-19-31(43)47-25-28(26-15-11-9-12-16-26)39-35(44)32-30-20-21-38(48-30)33(32)36(45)41(29(24-42)27-17-13-10-14-18-27)34(38)37(46)40(22-6-3)23-8-5-2/h4,6,9-18,28-30,32-34,42H,1,3,5,7-8,19-25H2,2H3,(H,39,44)/t28-,29+,30+,32-,33-,34+,38-/m0/s1. The summed E-state index contributed by atoms with van der Waals surface area (Å²) in [7, 11) is 0. The second-order valence-electron chi connectivity index (χ2n) is 12.8. The minimum absolute atomic E-state index is 0.0878. The van der Waals surface area contributed by atoms with Gasteiger partial charge >= 0.3 is 5.97 Å². The van der Waals surface area contributed by atoms with Gasteiger partial charge in [-0.1, -0.05) is 86.2 Å². The smallest absolute Gasteiger partial charge is 0.306 e. The zero-order chi connectivity index (χ0) is 34.3. The van der Waals surface area contributed by atoms with Crippen LogP contribution in [0, 0.1) is 11.8 Å². The van der Waals surface area contributed by atoms with E-state index in [1.165, 1.54) is 4.90 Å². The highest BCUT2D eigenvalue weighted by atomic mass is 16.5. The molecule has 48 heavy (non-hydrogen) atoms. The highest BCUT2D eigenvalue weighted by molar-refractivity contribution is 5.99. The molecular formula is C38H47N3O7. The van der Waals surface area contributed by atoms with Crippen molar-refractivity contribution in [3.05, 3.63) is 97.1 Å². The highest BCUT2D eigenvalue weighted by Gasteiger charge is 2.75. The third-order valence-corrected chi connectivity index (χ3v) is 9.89. The second-order valence-corrected chi connectivity index (χ2v) is 12.8. The molecular weight excluding hydrogens is 610 g/mol. The van der Waals surface area contributed by atoms with Crippen LogP contribution in [-0.2, 0) is 28.7 Å².